The van der Waals surface area contributed by atoms with Crippen molar-refractivity contribution >= 4 is 23.2 Å². The molecule has 0 bridgehead atoms. The summed E-state index contributed by atoms with van der Waals surface area (Å²) < 4.78 is 40.5. The lowest BCUT2D eigenvalue weighted by Gasteiger charge is -2.09. The molecule has 120 valence electrons. The van der Waals surface area contributed by atoms with Crippen LogP contribution in [0.15, 0.2) is 29.4 Å². The summed E-state index contributed by atoms with van der Waals surface area (Å²) in [6.45, 7) is 1.67. The molecule has 0 unspecified atom stereocenters. The molecule has 0 aliphatic heterocycles. The number of rotatable bonds is 5. The van der Waals surface area contributed by atoms with Crippen molar-refractivity contribution in [1.29, 1.82) is 0 Å². The summed E-state index contributed by atoms with van der Waals surface area (Å²) in [5, 5.41) is 14.0. The van der Waals surface area contributed by atoms with E-state index in [2.05, 4.69) is 15.3 Å². The Balaban J connectivity index is 2.77. The van der Waals surface area contributed by atoms with E-state index < -0.39 is 23.0 Å². The van der Waals surface area contributed by atoms with Crippen LogP contribution in [-0.2, 0) is 9.53 Å². The molecule has 0 saturated heterocycles. The number of esters is 1. The smallest absolute Gasteiger partial charge is 0.403 e. The van der Waals surface area contributed by atoms with Gasteiger partial charge in [0.15, 0.2) is 0 Å². The first kappa shape index (κ1) is 17.4. The summed E-state index contributed by atoms with van der Waals surface area (Å²) >= 11 is 0. The summed E-state index contributed by atoms with van der Waals surface area (Å²) in [7, 11) is 0. The molecule has 0 fully saturated rings. The SMILES string of the molecule is CCCC(=NNc1ccc([N+](=O)[O-])cc1)OC(=O)C(F)(F)F. The van der Waals surface area contributed by atoms with Crippen molar-refractivity contribution in [3.8, 4) is 0 Å². The maximum Gasteiger partial charge on any atom is 0.491 e. The lowest BCUT2D eigenvalue weighted by atomic mass is 10.3. The van der Waals surface area contributed by atoms with Crippen molar-refractivity contribution in [2.24, 2.45) is 5.10 Å². The van der Waals surface area contributed by atoms with Crippen LogP contribution in [-0.4, -0.2) is 23.0 Å². The van der Waals surface area contributed by atoms with Crippen molar-refractivity contribution < 1.29 is 27.6 Å². The molecule has 10 heteroatoms. The number of anilines is 1. The highest BCUT2D eigenvalue weighted by molar-refractivity contribution is 5.91. The Labute approximate surface area is 122 Å². The van der Waals surface area contributed by atoms with E-state index in [-0.39, 0.29) is 12.1 Å². The minimum atomic E-state index is -5.11. The van der Waals surface area contributed by atoms with Crippen molar-refractivity contribution in [3.05, 3.63) is 34.4 Å². The van der Waals surface area contributed by atoms with Gasteiger partial charge in [-0.3, -0.25) is 15.5 Å². The van der Waals surface area contributed by atoms with E-state index in [0.29, 0.717) is 12.1 Å². The lowest BCUT2D eigenvalue weighted by Crippen LogP contribution is -2.28. The van der Waals surface area contributed by atoms with Gasteiger partial charge in [0, 0.05) is 18.6 Å². The molecule has 0 amide bonds. The number of nitrogens with one attached hydrogen (secondary N) is 1. The summed E-state index contributed by atoms with van der Waals surface area (Å²) in [5.41, 5.74) is 2.52. The van der Waals surface area contributed by atoms with E-state index in [1.54, 1.807) is 6.92 Å². The molecular weight excluding hydrogens is 307 g/mol. The third-order valence-corrected chi connectivity index (χ3v) is 2.29. The fourth-order valence-electron chi connectivity index (χ4n) is 1.29. The quantitative estimate of drug-likeness (QED) is 0.296. The molecule has 1 N–H and O–H groups in total. The number of nitro groups is 1. The molecule has 0 saturated carbocycles. The van der Waals surface area contributed by atoms with Crippen molar-refractivity contribution in [3.63, 3.8) is 0 Å². The second kappa shape index (κ2) is 7.38. The van der Waals surface area contributed by atoms with Crippen molar-refractivity contribution in [2.75, 3.05) is 5.43 Å². The number of hydrogen-bond donors (Lipinski definition) is 1. The summed E-state index contributed by atoms with van der Waals surface area (Å²) in [4.78, 5) is 20.6. The van der Waals surface area contributed by atoms with Gasteiger partial charge in [-0.15, -0.1) is 5.10 Å². The Bertz CT molecular complexity index is 570. The molecule has 1 aromatic rings. The lowest BCUT2D eigenvalue weighted by molar-refractivity contribution is -0.384. The van der Waals surface area contributed by atoms with Gasteiger partial charge >= 0.3 is 12.1 Å². The average molecular weight is 319 g/mol. The zero-order chi connectivity index (χ0) is 16.8. The average Bonchev–Trinajstić information content (AvgIpc) is 2.44. The number of ether oxygens (including phenoxy) is 1. The van der Waals surface area contributed by atoms with Crippen molar-refractivity contribution in [1.82, 2.24) is 0 Å². The van der Waals surface area contributed by atoms with Crippen LogP contribution < -0.4 is 5.43 Å². The first-order valence-corrected chi connectivity index (χ1v) is 6.10. The topological polar surface area (TPSA) is 93.8 Å². The van der Waals surface area contributed by atoms with E-state index in [4.69, 9.17) is 0 Å². The van der Waals surface area contributed by atoms with Crippen LogP contribution in [0, 0.1) is 10.1 Å². The van der Waals surface area contributed by atoms with E-state index in [1.165, 1.54) is 24.3 Å². The molecule has 0 atom stereocenters. The molecule has 0 aromatic heterocycles. The second-order valence-corrected chi connectivity index (χ2v) is 4.06. The maximum absolute atomic E-state index is 12.1. The second-order valence-electron chi connectivity index (χ2n) is 4.06. The zero-order valence-corrected chi connectivity index (χ0v) is 11.4. The molecular formula is C12H12F3N3O4. The number of carbonyl (C=O) groups is 1. The van der Waals surface area contributed by atoms with Gasteiger partial charge in [0.05, 0.1) is 10.6 Å². The van der Waals surface area contributed by atoms with Crippen LogP contribution in [0.2, 0.25) is 0 Å². The number of non-ortho nitro benzene ring substituents is 1. The molecule has 0 aliphatic carbocycles. The van der Waals surface area contributed by atoms with Gasteiger partial charge < -0.3 is 4.74 Å². The van der Waals surface area contributed by atoms with Gasteiger partial charge in [-0.05, 0) is 18.6 Å². The normalized spacial score (nSPS) is 11.9. The Morgan fingerprint density at radius 3 is 2.41 bits per heavy atom. The van der Waals surface area contributed by atoms with E-state index in [9.17, 15) is 28.1 Å². The van der Waals surface area contributed by atoms with Gasteiger partial charge in [-0.25, -0.2) is 4.79 Å². The third-order valence-electron chi connectivity index (χ3n) is 2.29. The molecule has 22 heavy (non-hydrogen) atoms. The fraction of sp³-hybridized carbons (Fsp3) is 0.333. The maximum atomic E-state index is 12.1. The number of hydrazone groups is 1. The van der Waals surface area contributed by atoms with E-state index in [0.717, 1.165) is 0 Å². The predicted molar refractivity (Wildman–Crippen MR) is 71.2 cm³/mol. The first-order valence-electron chi connectivity index (χ1n) is 6.10. The van der Waals surface area contributed by atoms with Crippen molar-refractivity contribution in [2.45, 2.75) is 25.9 Å². The fourth-order valence-corrected chi connectivity index (χ4v) is 1.29. The van der Waals surface area contributed by atoms with Gasteiger partial charge in [0.2, 0.25) is 5.90 Å². The van der Waals surface area contributed by atoms with Gasteiger partial charge in [-0.2, -0.15) is 13.2 Å². The molecule has 0 spiro atoms. The van der Waals surface area contributed by atoms with Gasteiger partial charge in [0.25, 0.3) is 5.69 Å². The van der Waals surface area contributed by atoms with Crippen LogP contribution in [0.3, 0.4) is 0 Å². The number of nitrogens with zero attached hydrogens (tertiary/aromatic N) is 2. The highest BCUT2D eigenvalue weighted by atomic mass is 19.4. The number of benzene rings is 1. The molecule has 7 nitrogen and oxygen atoms in total. The Morgan fingerprint density at radius 1 is 1.36 bits per heavy atom. The van der Waals surface area contributed by atoms with Gasteiger partial charge in [0.1, 0.15) is 0 Å². The zero-order valence-electron chi connectivity index (χ0n) is 11.4. The summed E-state index contributed by atoms with van der Waals surface area (Å²) in [6, 6.07) is 5.02. The third kappa shape index (κ3) is 5.38. The first-order chi connectivity index (χ1) is 10.2. The van der Waals surface area contributed by atoms with E-state index >= 15 is 0 Å². The highest BCUT2D eigenvalue weighted by Crippen LogP contribution is 2.18. The number of halogens is 3. The van der Waals surface area contributed by atoms with Crippen LogP contribution >= 0.6 is 0 Å². The minimum Gasteiger partial charge on any atom is -0.403 e. The number of carbonyl (C=O) groups excluding carboxylic acids is 1. The number of nitro benzene ring substituents is 1. The highest BCUT2D eigenvalue weighted by Gasteiger charge is 2.41. The van der Waals surface area contributed by atoms with Crippen LogP contribution in [0.1, 0.15) is 19.8 Å². The molecule has 0 heterocycles. The molecule has 1 rings (SSSR count). The minimum absolute atomic E-state index is 0.0157. The standard InChI is InChI=1S/C12H12F3N3O4/c1-2-3-10(22-11(19)12(13,14)15)17-16-8-4-6-9(7-5-8)18(20)21/h4-7,16H,2-3H2,1H3. The van der Waals surface area contributed by atoms with Gasteiger partial charge in [-0.1, -0.05) is 6.92 Å². The summed E-state index contributed by atoms with van der Waals surface area (Å²) in [5.74, 6) is -2.78. The van der Waals surface area contributed by atoms with Crippen LogP contribution in [0.25, 0.3) is 0 Å². The summed E-state index contributed by atoms with van der Waals surface area (Å²) in [6.07, 6.45) is -4.68. The molecule has 0 aliphatic rings. The molecule has 1 aromatic carbocycles. The monoisotopic (exact) mass is 319 g/mol. The number of hydrogen-bond acceptors (Lipinski definition) is 6. The van der Waals surface area contributed by atoms with Crippen LogP contribution in [0.4, 0.5) is 24.5 Å². The Morgan fingerprint density at radius 2 is 1.95 bits per heavy atom. The number of alkyl halides is 3. The Hall–Kier alpha value is -2.65. The van der Waals surface area contributed by atoms with Crippen LogP contribution in [0.5, 0.6) is 0 Å². The molecule has 0 radical (unpaired) electrons. The van der Waals surface area contributed by atoms with E-state index in [1.807, 2.05) is 0 Å². The predicted octanol–water partition coefficient (Wildman–Crippen LogP) is 3.23. The Kier molecular flexibility index (Phi) is 5.84. The largest absolute Gasteiger partial charge is 0.491 e.